The molecule has 1 saturated heterocycles. The number of hydrogen-bond donors (Lipinski definition) is 2. The van der Waals surface area contributed by atoms with Gasteiger partial charge < -0.3 is 20.9 Å². The summed E-state index contributed by atoms with van der Waals surface area (Å²) in [6.45, 7) is 5.52. The van der Waals surface area contributed by atoms with Crippen molar-refractivity contribution in [3.63, 3.8) is 0 Å². The zero-order valence-electron chi connectivity index (χ0n) is 17.1. The quantitative estimate of drug-likeness (QED) is 0.689. The van der Waals surface area contributed by atoms with E-state index in [0.29, 0.717) is 29.7 Å². The first-order valence-corrected chi connectivity index (χ1v) is 10.4. The fourth-order valence-corrected chi connectivity index (χ4v) is 5.15. The van der Waals surface area contributed by atoms with Gasteiger partial charge in [0.1, 0.15) is 0 Å². The van der Waals surface area contributed by atoms with Crippen molar-refractivity contribution in [2.75, 3.05) is 46.8 Å². The molecule has 3 N–H and O–H groups in total. The summed E-state index contributed by atoms with van der Waals surface area (Å²) >= 11 is 0. The molecule has 7 heteroatoms. The number of likely N-dealkylation sites (tertiary alicyclic amines) is 1. The van der Waals surface area contributed by atoms with Gasteiger partial charge in [0.05, 0.1) is 0 Å². The highest BCUT2D eigenvalue weighted by Gasteiger charge is 2.40. The van der Waals surface area contributed by atoms with Gasteiger partial charge in [0.2, 0.25) is 5.91 Å². The molecule has 2 unspecified atom stereocenters. The van der Waals surface area contributed by atoms with E-state index >= 15 is 0 Å². The molecule has 0 aromatic carbocycles. The smallest absolute Gasteiger partial charge is 0.223 e. The average Bonchev–Trinajstić information content (AvgIpc) is 2.58. The van der Waals surface area contributed by atoms with Crippen LogP contribution in [0.25, 0.3) is 0 Å². The lowest BCUT2D eigenvalue weighted by atomic mass is 9.65. The maximum Gasteiger partial charge on any atom is 0.223 e. The van der Waals surface area contributed by atoms with Crippen molar-refractivity contribution in [1.29, 1.82) is 0 Å². The molecule has 2 aliphatic carbocycles. The summed E-state index contributed by atoms with van der Waals surface area (Å²) in [5.74, 6) is 2.35. The second kappa shape index (κ2) is 11.8. The van der Waals surface area contributed by atoms with Gasteiger partial charge in [-0.25, -0.2) is 0 Å². The molecule has 2 saturated carbocycles. The number of rotatable bonds is 6. The highest BCUT2D eigenvalue weighted by atomic mass is 35.5. The first kappa shape index (κ1) is 25.0. The minimum absolute atomic E-state index is 0. The highest BCUT2D eigenvalue weighted by molar-refractivity contribution is 5.85. The van der Waals surface area contributed by atoms with Crippen molar-refractivity contribution < 1.29 is 4.79 Å². The van der Waals surface area contributed by atoms with E-state index in [2.05, 4.69) is 29.2 Å². The molecular formula is C20H40Cl2N4O. The van der Waals surface area contributed by atoms with Crippen LogP contribution in [-0.4, -0.2) is 68.6 Å². The van der Waals surface area contributed by atoms with Crippen LogP contribution in [0.2, 0.25) is 0 Å². The lowest BCUT2D eigenvalue weighted by molar-refractivity contribution is -0.128. The van der Waals surface area contributed by atoms with Gasteiger partial charge in [0.15, 0.2) is 0 Å². The summed E-state index contributed by atoms with van der Waals surface area (Å²) in [7, 11) is 4.27. The summed E-state index contributed by atoms with van der Waals surface area (Å²) in [5, 5.41) is 3.28. The fraction of sp³-hybridized carbons (Fsp3) is 0.950. The van der Waals surface area contributed by atoms with E-state index in [4.69, 9.17) is 5.73 Å². The lowest BCUT2D eigenvalue weighted by Crippen LogP contribution is -2.49. The van der Waals surface area contributed by atoms with Gasteiger partial charge in [0.25, 0.3) is 0 Å². The van der Waals surface area contributed by atoms with E-state index in [1.54, 1.807) is 0 Å². The van der Waals surface area contributed by atoms with Crippen LogP contribution in [0.1, 0.15) is 44.9 Å². The van der Waals surface area contributed by atoms with Gasteiger partial charge in [-0.05, 0) is 83.5 Å². The molecular weight excluding hydrogens is 383 g/mol. The third-order valence-electron chi connectivity index (χ3n) is 6.92. The van der Waals surface area contributed by atoms with Crippen LogP contribution in [0.3, 0.4) is 0 Å². The number of piperidine rings is 1. The molecule has 3 fully saturated rings. The Hall–Kier alpha value is -0.0700. The van der Waals surface area contributed by atoms with Gasteiger partial charge in [-0.2, -0.15) is 0 Å². The minimum atomic E-state index is 0. The second-order valence-corrected chi connectivity index (χ2v) is 9.03. The summed E-state index contributed by atoms with van der Waals surface area (Å²) in [6, 6.07) is 0.351. The fourth-order valence-electron chi connectivity index (χ4n) is 5.15. The van der Waals surface area contributed by atoms with Crippen molar-refractivity contribution in [1.82, 2.24) is 15.1 Å². The second-order valence-electron chi connectivity index (χ2n) is 9.03. The largest absolute Gasteiger partial charge is 0.356 e. The Morgan fingerprint density at radius 3 is 2.22 bits per heavy atom. The molecule has 3 aliphatic rings. The summed E-state index contributed by atoms with van der Waals surface area (Å²) in [6.07, 6.45) is 8.24. The predicted octanol–water partition coefficient (Wildman–Crippen LogP) is 2.37. The molecule has 27 heavy (non-hydrogen) atoms. The van der Waals surface area contributed by atoms with Gasteiger partial charge in [0, 0.05) is 31.6 Å². The van der Waals surface area contributed by atoms with E-state index < -0.39 is 0 Å². The molecule has 3 rings (SSSR count). The Morgan fingerprint density at radius 2 is 1.67 bits per heavy atom. The molecule has 5 nitrogen and oxygen atoms in total. The van der Waals surface area contributed by atoms with Gasteiger partial charge in [-0.3, -0.25) is 4.79 Å². The summed E-state index contributed by atoms with van der Waals surface area (Å²) in [4.78, 5) is 17.5. The number of fused-ring (bicyclic) bond motifs is 2. The van der Waals surface area contributed by atoms with E-state index in [9.17, 15) is 4.79 Å². The number of nitrogens with two attached hydrogens (primary N) is 1. The molecule has 0 aromatic rings. The maximum atomic E-state index is 12.7. The number of nitrogens with one attached hydrogen (secondary N) is 1. The standard InChI is InChI=1S/C20H38N4O.2ClH/c1-23(2)10-11-24-8-6-15(7-9-24)14-22-20(25)18-12-16-4-3-5-17(13-18)19(16)21;;/h15-19H,3-14,21H2,1-2H3,(H,22,25);2*1H. The normalized spacial score (nSPS) is 31.7. The van der Waals surface area contributed by atoms with Crippen LogP contribution in [0, 0.1) is 23.7 Å². The third kappa shape index (κ3) is 7.04. The monoisotopic (exact) mass is 422 g/mol. The Balaban J connectivity index is 0.00000182. The third-order valence-corrected chi connectivity index (χ3v) is 6.92. The van der Waals surface area contributed by atoms with Crippen LogP contribution in [0.4, 0.5) is 0 Å². The Kier molecular flexibility index (Phi) is 10.9. The Morgan fingerprint density at radius 1 is 1.07 bits per heavy atom. The molecule has 0 radical (unpaired) electrons. The number of hydrogen-bond acceptors (Lipinski definition) is 4. The number of amides is 1. The zero-order valence-corrected chi connectivity index (χ0v) is 18.7. The Labute approximate surface area is 178 Å². The van der Waals surface area contributed by atoms with Crippen LogP contribution < -0.4 is 11.1 Å². The van der Waals surface area contributed by atoms with Crippen LogP contribution in [0.5, 0.6) is 0 Å². The van der Waals surface area contributed by atoms with Gasteiger partial charge >= 0.3 is 0 Å². The maximum absolute atomic E-state index is 12.7. The molecule has 1 aliphatic heterocycles. The van der Waals surface area contributed by atoms with Crippen molar-refractivity contribution in [2.45, 2.75) is 51.0 Å². The number of nitrogens with zero attached hydrogens (tertiary/aromatic N) is 2. The summed E-state index contributed by atoms with van der Waals surface area (Å²) < 4.78 is 0. The van der Waals surface area contributed by atoms with Gasteiger partial charge in [-0.15, -0.1) is 24.8 Å². The zero-order chi connectivity index (χ0) is 17.8. The van der Waals surface area contributed by atoms with E-state index in [-0.39, 0.29) is 30.7 Å². The molecule has 1 amide bonds. The molecule has 1 heterocycles. The molecule has 2 bridgehead atoms. The van der Waals surface area contributed by atoms with Crippen molar-refractivity contribution in [2.24, 2.45) is 29.4 Å². The van der Waals surface area contributed by atoms with Crippen LogP contribution in [0.15, 0.2) is 0 Å². The average molecular weight is 423 g/mol. The van der Waals surface area contributed by atoms with Crippen molar-refractivity contribution in [3.8, 4) is 0 Å². The lowest BCUT2D eigenvalue weighted by Gasteiger charge is -2.43. The first-order valence-electron chi connectivity index (χ1n) is 10.4. The topological polar surface area (TPSA) is 61.6 Å². The minimum Gasteiger partial charge on any atom is -0.356 e. The number of likely N-dealkylation sites (N-methyl/N-ethyl adjacent to an activating group) is 1. The highest BCUT2D eigenvalue weighted by Crippen LogP contribution is 2.41. The van der Waals surface area contributed by atoms with E-state index in [1.807, 2.05) is 0 Å². The number of carbonyl (C=O) groups is 1. The molecule has 2 atom stereocenters. The molecule has 0 aromatic heterocycles. The molecule has 160 valence electrons. The van der Waals surface area contributed by atoms with Crippen LogP contribution in [-0.2, 0) is 4.79 Å². The van der Waals surface area contributed by atoms with Gasteiger partial charge in [-0.1, -0.05) is 6.42 Å². The summed E-state index contributed by atoms with van der Waals surface area (Å²) in [5.41, 5.74) is 6.35. The first-order chi connectivity index (χ1) is 12.0. The van der Waals surface area contributed by atoms with Crippen molar-refractivity contribution >= 4 is 30.7 Å². The number of halogens is 2. The van der Waals surface area contributed by atoms with Crippen LogP contribution >= 0.6 is 24.8 Å². The van der Waals surface area contributed by atoms with E-state index in [0.717, 1.165) is 32.5 Å². The number of carbonyl (C=O) groups excluding carboxylic acids is 1. The predicted molar refractivity (Wildman–Crippen MR) is 117 cm³/mol. The molecule has 0 spiro atoms. The van der Waals surface area contributed by atoms with Crippen molar-refractivity contribution in [3.05, 3.63) is 0 Å². The SMILES string of the molecule is CN(C)CCN1CCC(CNC(=O)C2CC3CCCC(C2)C3N)CC1.Cl.Cl. The Bertz CT molecular complexity index is 430. The van der Waals surface area contributed by atoms with E-state index in [1.165, 1.54) is 45.2 Å².